The maximum atomic E-state index is 13.2. The molecular weight excluding hydrogens is 687 g/mol. The van der Waals surface area contributed by atoms with Crippen LogP contribution in [0, 0.1) is 13.0 Å². The van der Waals surface area contributed by atoms with Crippen molar-refractivity contribution in [3.8, 4) is 11.5 Å². The maximum absolute atomic E-state index is 13.2. The average Bonchev–Trinajstić information content (AvgIpc) is 3.16. The molecule has 5 nitrogen and oxygen atoms in total. The van der Waals surface area contributed by atoms with E-state index >= 15 is 0 Å². The highest BCUT2D eigenvalue weighted by Crippen LogP contribution is 2.36. The van der Waals surface area contributed by atoms with Gasteiger partial charge < -0.3 is 14.2 Å². The third-order valence-corrected chi connectivity index (χ3v) is 6.51. The van der Waals surface area contributed by atoms with Crippen molar-refractivity contribution in [3.05, 3.63) is 95.0 Å². The van der Waals surface area contributed by atoms with Crippen molar-refractivity contribution in [2.75, 3.05) is 6.61 Å². The van der Waals surface area contributed by atoms with E-state index in [9.17, 15) is 9.18 Å². The molecule has 34 heavy (non-hydrogen) atoms. The van der Waals surface area contributed by atoms with Crippen molar-refractivity contribution in [1.82, 2.24) is 0 Å². The van der Waals surface area contributed by atoms with Crippen molar-refractivity contribution in [1.29, 1.82) is 0 Å². The smallest absolute Gasteiger partial charge is 0.363 e. The molecule has 174 valence electrons. The molecule has 1 aliphatic rings. The molecule has 0 saturated heterocycles. The van der Waals surface area contributed by atoms with E-state index in [1.54, 1.807) is 36.4 Å². The number of esters is 1. The Kier molecular flexibility index (Phi) is 8.10. The summed E-state index contributed by atoms with van der Waals surface area (Å²) < 4.78 is 32.0. The van der Waals surface area contributed by atoms with Gasteiger partial charge in [0.25, 0.3) is 0 Å². The zero-order valence-electron chi connectivity index (χ0n) is 17.8. The number of nitrogens with zero attached hydrogens (tertiary/aromatic N) is 1. The number of hydrogen-bond acceptors (Lipinski definition) is 5. The second-order valence-corrected chi connectivity index (χ2v) is 9.95. The minimum absolute atomic E-state index is 0.156. The fourth-order valence-electron chi connectivity index (χ4n) is 3.15. The molecule has 9 heteroatoms. The lowest BCUT2D eigenvalue weighted by molar-refractivity contribution is -0.129. The van der Waals surface area contributed by atoms with E-state index < -0.39 is 5.97 Å². The highest BCUT2D eigenvalue weighted by atomic mass is 127. The predicted octanol–water partition coefficient (Wildman–Crippen LogP) is 7.01. The molecule has 3 aromatic carbocycles. The first-order valence-corrected chi connectivity index (χ1v) is 12.7. The Labute approximate surface area is 228 Å². The summed E-state index contributed by atoms with van der Waals surface area (Å²) in [4.78, 5) is 16.8. The van der Waals surface area contributed by atoms with Gasteiger partial charge in [-0.2, -0.15) is 0 Å². The van der Waals surface area contributed by atoms with Gasteiger partial charge in [-0.1, -0.05) is 23.7 Å². The number of rotatable bonds is 7. The Morgan fingerprint density at radius 1 is 1.09 bits per heavy atom. The first-order valence-electron chi connectivity index (χ1n) is 10.2. The fraction of sp³-hybridized carbons (Fsp3) is 0.120. The van der Waals surface area contributed by atoms with Crippen LogP contribution >= 0.6 is 56.8 Å². The van der Waals surface area contributed by atoms with E-state index in [1.165, 1.54) is 12.1 Å². The zero-order chi connectivity index (χ0) is 24.2. The standard InChI is InChI=1S/C25H17ClFI2NO4/c1-2-32-22-11-15(9-20(29)23(22)33-13-14-3-5-16(27)6-4-14)10-21-25(31)34-24(30-21)18-12-17(28)7-8-19(18)26/h3-12H,2,13H2,1H3/b21-10-. The average molecular weight is 704 g/mol. The van der Waals surface area contributed by atoms with Gasteiger partial charge in [-0.15, -0.1) is 0 Å². The predicted molar refractivity (Wildman–Crippen MR) is 146 cm³/mol. The Balaban J connectivity index is 1.62. The lowest BCUT2D eigenvalue weighted by atomic mass is 10.1. The molecule has 0 unspecified atom stereocenters. The van der Waals surface area contributed by atoms with E-state index in [0.29, 0.717) is 34.3 Å². The normalized spacial score (nSPS) is 14.2. The van der Waals surface area contributed by atoms with Crippen LogP contribution in [0.25, 0.3) is 6.08 Å². The molecule has 0 saturated carbocycles. The minimum atomic E-state index is -0.561. The minimum Gasteiger partial charge on any atom is -0.490 e. The quantitative estimate of drug-likeness (QED) is 0.151. The third-order valence-electron chi connectivity index (χ3n) is 4.71. The van der Waals surface area contributed by atoms with Crippen molar-refractivity contribution in [2.24, 2.45) is 4.99 Å². The van der Waals surface area contributed by atoms with Gasteiger partial charge in [0.15, 0.2) is 17.2 Å². The van der Waals surface area contributed by atoms with E-state index in [-0.39, 0.29) is 24.0 Å². The first kappa shape index (κ1) is 24.9. The van der Waals surface area contributed by atoms with E-state index in [4.69, 9.17) is 25.8 Å². The van der Waals surface area contributed by atoms with Gasteiger partial charge in [-0.25, -0.2) is 14.2 Å². The Morgan fingerprint density at radius 2 is 1.85 bits per heavy atom. The zero-order valence-corrected chi connectivity index (χ0v) is 22.9. The first-order chi connectivity index (χ1) is 16.3. The van der Waals surface area contributed by atoms with Crippen LogP contribution in [-0.2, 0) is 16.1 Å². The summed E-state index contributed by atoms with van der Waals surface area (Å²) in [7, 11) is 0. The van der Waals surface area contributed by atoms with Gasteiger partial charge in [0.05, 0.1) is 20.8 Å². The molecule has 0 radical (unpaired) electrons. The summed E-state index contributed by atoms with van der Waals surface area (Å²) in [5.41, 5.74) is 2.24. The molecule has 0 fully saturated rings. The highest BCUT2D eigenvalue weighted by molar-refractivity contribution is 14.1. The van der Waals surface area contributed by atoms with E-state index in [0.717, 1.165) is 12.7 Å². The number of ether oxygens (including phenoxy) is 3. The number of hydrogen-bond donors (Lipinski definition) is 0. The molecule has 1 aliphatic heterocycles. The molecule has 0 bridgehead atoms. The van der Waals surface area contributed by atoms with Gasteiger partial charge in [0.2, 0.25) is 5.90 Å². The van der Waals surface area contributed by atoms with Gasteiger partial charge in [-0.05, 0) is 112 Å². The summed E-state index contributed by atoms with van der Waals surface area (Å²) in [6, 6.07) is 15.2. The van der Waals surface area contributed by atoms with Crippen LogP contribution in [0.1, 0.15) is 23.6 Å². The topological polar surface area (TPSA) is 57.1 Å². The molecule has 0 N–H and O–H groups in total. The van der Waals surface area contributed by atoms with Crippen LogP contribution in [0.4, 0.5) is 4.39 Å². The number of cyclic esters (lactones) is 1. The molecule has 4 rings (SSSR count). The second kappa shape index (κ2) is 11.0. The summed E-state index contributed by atoms with van der Waals surface area (Å²) in [5.74, 6) is 0.400. The van der Waals surface area contributed by atoms with Gasteiger partial charge in [0.1, 0.15) is 12.4 Å². The van der Waals surface area contributed by atoms with Crippen LogP contribution in [0.2, 0.25) is 5.02 Å². The number of halogens is 4. The third kappa shape index (κ3) is 5.89. The van der Waals surface area contributed by atoms with Crippen molar-refractivity contribution >= 4 is 74.7 Å². The Bertz CT molecular complexity index is 1310. The Hall–Kier alpha value is -2.18. The summed E-state index contributed by atoms with van der Waals surface area (Å²) in [5, 5.41) is 0.448. The van der Waals surface area contributed by atoms with Crippen LogP contribution in [0.3, 0.4) is 0 Å². The molecule has 0 spiro atoms. The van der Waals surface area contributed by atoms with Crippen LogP contribution in [0.15, 0.2) is 65.3 Å². The second-order valence-electron chi connectivity index (χ2n) is 7.14. The van der Waals surface area contributed by atoms with Crippen molar-refractivity contribution in [2.45, 2.75) is 13.5 Å². The molecule has 0 atom stereocenters. The van der Waals surface area contributed by atoms with Crippen LogP contribution < -0.4 is 9.47 Å². The molecular formula is C25H17ClFI2NO4. The van der Waals surface area contributed by atoms with E-state index in [2.05, 4.69) is 50.2 Å². The SMILES string of the molecule is CCOc1cc(/C=C2\N=C(c3cc(I)ccc3Cl)OC2=O)cc(I)c1OCc1ccc(F)cc1. The molecule has 0 aromatic heterocycles. The molecule has 0 aliphatic carbocycles. The number of aliphatic imine (C=N–C) groups is 1. The summed E-state index contributed by atoms with van der Waals surface area (Å²) in [6.07, 6.45) is 1.63. The largest absolute Gasteiger partial charge is 0.490 e. The lowest BCUT2D eigenvalue weighted by Crippen LogP contribution is -2.06. The number of benzene rings is 3. The van der Waals surface area contributed by atoms with Crippen LogP contribution in [0.5, 0.6) is 11.5 Å². The van der Waals surface area contributed by atoms with E-state index in [1.807, 2.05) is 19.1 Å². The number of carbonyl (C=O) groups is 1. The maximum Gasteiger partial charge on any atom is 0.363 e. The van der Waals surface area contributed by atoms with Crippen LogP contribution in [-0.4, -0.2) is 18.5 Å². The summed E-state index contributed by atoms with van der Waals surface area (Å²) in [6.45, 7) is 2.56. The van der Waals surface area contributed by atoms with Gasteiger partial charge in [0, 0.05) is 3.57 Å². The Morgan fingerprint density at radius 3 is 2.59 bits per heavy atom. The van der Waals surface area contributed by atoms with Gasteiger partial charge in [-0.3, -0.25) is 0 Å². The lowest BCUT2D eigenvalue weighted by Gasteiger charge is -2.15. The summed E-state index contributed by atoms with van der Waals surface area (Å²) >= 11 is 10.6. The molecule has 1 heterocycles. The molecule has 3 aromatic rings. The fourth-order valence-corrected chi connectivity index (χ4v) is 4.62. The highest BCUT2D eigenvalue weighted by Gasteiger charge is 2.26. The van der Waals surface area contributed by atoms with Crippen molar-refractivity contribution in [3.63, 3.8) is 0 Å². The van der Waals surface area contributed by atoms with Crippen molar-refractivity contribution < 1.29 is 23.4 Å². The van der Waals surface area contributed by atoms with Gasteiger partial charge >= 0.3 is 5.97 Å². The number of carbonyl (C=O) groups excluding carboxylic acids is 1. The monoisotopic (exact) mass is 703 g/mol. The molecule has 0 amide bonds.